The summed E-state index contributed by atoms with van der Waals surface area (Å²) in [6, 6.07) is 10.9. The van der Waals surface area contributed by atoms with Crippen molar-refractivity contribution in [2.24, 2.45) is 0 Å². The molecule has 0 saturated carbocycles. The van der Waals surface area contributed by atoms with Crippen LogP contribution >= 0.6 is 0 Å². The van der Waals surface area contributed by atoms with Gasteiger partial charge in [0.1, 0.15) is 11.6 Å². The standard InChI is InChI=1S/C14H10FNO/c1-9-2-3-12(15)7-14(9)11-4-10(8-16)5-13(17)6-11/h2-7,17H,1H3. The molecule has 0 atom stereocenters. The lowest BCUT2D eigenvalue weighted by Crippen LogP contribution is -1.86. The maximum absolute atomic E-state index is 13.2. The highest BCUT2D eigenvalue weighted by molar-refractivity contribution is 5.70. The lowest BCUT2D eigenvalue weighted by molar-refractivity contribution is 0.475. The molecule has 0 saturated heterocycles. The fourth-order valence-corrected chi connectivity index (χ4v) is 1.74. The number of nitrogens with zero attached hydrogens (tertiary/aromatic N) is 1. The third-order valence-electron chi connectivity index (χ3n) is 2.56. The molecule has 0 heterocycles. The normalized spacial score (nSPS) is 9.94. The van der Waals surface area contributed by atoms with Gasteiger partial charge in [0, 0.05) is 0 Å². The van der Waals surface area contributed by atoms with E-state index in [1.807, 2.05) is 13.0 Å². The van der Waals surface area contributed by atoms with Crippen LogP contribution < -0.4 is 0 Å². The lowest BCUT2D eigenvalue weighted by Gasteiger charge is -2.07. The van der Waals surface area contributed by atoms with Crippen LogP contribution in [-0.4, -0.2) is 5.11 Å². The molecule has 2 rings (SSSR count). The molecule has 0 aliphatic heterocycles. The van der Waals surface area contributed by atoms with Crippen molar-refractivity contribution in [3.63, 3.8) is 0 Å². The lowest BCUT2D eigenvalue weighted by atomic mass is 9.98. The van der Waals surface area contributed by atoms with Crippen molar-refractivity contribution >= 4 is 0 Å². The molecule has 3 heteroatoms. The molecule has 0 fully saturated rings. The molecular weight excluding hydrogens is 217 g/mol. The van der Waals surface area contributed by atoms with Gasteiger partial charge in [-0.2, -0.15) is 5.26 Å². The van der Waals surface area contributed by atoms with Crippen molar-refractivity contribution in [3.05, 3.63) is 53.3 Å². The smallest absolute Gasteiger partial charge is 0.123 e. The zero-order valence-electron chi connectivity index (χ0n) is 9.24. The van der Waals surface area contributed by atoms with Gasteiger partial charge in [-0.1, -0.05) is 6.07 Å². The highest BCUT2D eigenvalue weighted by Crippen LogP contribution is 2.28. The number of aryl methyl sites for hydroxylation is 1. The highest BCUT2D eigenvalue weighted by Gasteiger charge is 2.06. The van der Waals surface area contributed by atoms with Gasteiger partial charge < -0.3 is 5.11 Å². The summed E-state index contributed by atoms with van der Waals surface area (Å²) in [4.78, 5) is 0. The minimum absolute atomic E-state index is 0.00251. The van der Waals surface area contributed by atoms with Gasteiger partial charge in [0.05, 0.1) is 11.6 Å². The number of phenolic OH excluding ortho intramolecular Hbond substituents is 1. The summed E-state index contributed by atoms with van der Waals surface area (Å²) in [5.41, 5.74) is 2.56. The van der Waals surface area contributed by atoms with Gasteiger partial charge in [-0.05, 0) is 53.9 Å². The van der Waals surface area contributed by atoms with Gasteiger partial charge in [0.25, 0.3) is 0 Å². The van der Waals surface area contributed by atoms with Crippen LogP contribution in [0.2, 0.25) is 0 Å². The van der Waals surface area contributed by atoms with Crippen LogP contribution in [0.25, 0.3) is 11.1 Å². The predicted octanol–water partition coefficient (Wildman–Crippen LogP) is 3.38. The Bertz CT molecular complexity index is 614. The van der Waals surface area contributed by atoms with Gasteiger partial charge in [0.2, 0.25) is 0 Å². The van der Waals surface area contributed by atoms with Gasteiger partial charge >= 0.3 is 0 Å². The highest BCUT2D eigenvalue weighted by atomic mass is 19.1. The number of halogens is 1. The van der Waals surface area contributed by atoms with Crippen molar-refractivity contribution < 1.29 is 9.50 Å². The molecule has 17 heavy (non-hydrogen) atoms. The first-order valence-corrected chi connectivity index (χ1v) is 5.11. The van der Waals surface area contributed by atoms with E-state index >= 15 is 0 Å². The van der Waals surface area contributed by atoms with Crippen LogP contribution in [0, 0.1) is 24.1 Å². The Hall–Kier alpha value is -2.34. The fourth-order valence-electron chi connectivity index (χ4n) is 1.74. The van der Waals surface area contributed by atoms with Crippen LogP contribution in [0.5, 0.6) is 5.75 Å². The predicted molar refractivity (Wildman–Crippen MR) is 63.0 cm³/mol. The molecule has 0 aromatic heterocycles. The average Bonchev–Trinajstić information content (AvgIpc) is 2.31. The van der Waals surface area contributed by atoms with Gasteiger partial charge in [-0.25, -0.2) is 4.39 Å². The van der Waals surface area contributed by atoms with Crippen LogP contribution in [0.3, 0.4) is 0 Å². The van der Waals surface area contributed by atoms with Crippen LogP contribution in [0.4, 0.5) is 4.39 Å². The maximum Gasteiger partial charge on any atom is 0.123 e. The van der Waals surface area contributed by atoms with Crippen LogP contribution in [-0.2, 0) is 0 Å². The van der Waals surface area contributed by atoms with E-state index in [2.05, 4.69) is 0 Å². The molecule has 2 aromatic carbocycles. The number of hydrogen-bond donors (Lipinski definition) is 1. The fraction of sp³-hybridized carbons (Fsp3) is 0.0714. The van der Waals surface area contributed by atoms with Gasteiger partial charge in [-0.15, -0.1) is 0 Å². The second-order valence-corrected chi connectivity index (χ2v) is 3.84. The zero-order chi connectivity index (χ0) is 12.4. The number of phenols is 1. The van der Waals surface area contributed by atoms with E-state index in [9.17, 15) is 9.50 Å². The first-order valence-electron chi connectivity index (χ1n) is 5.11. The molecule has 0 aliphatic carbocycles. The molecule has 0 amide bonds. The summed E-state index contributed by atoms with van der Waals surface area (Å²) in [5.74, 6) is -0.338. The Morgan fingerprint density at radius 3 is 2.65 bits per heavy atom. The van der Waals surface area contributed by atoms with Crippen molar-refractivity contribution in [2.45, 2.75) is 6.92 Å². The van der Waals surface area contributed by atoms with E-state index in [0.29, 0.717) is 16.7 Å². The number of rotatable bonds is 1. The maximum atomic E-state index is 13.2. The van der Waals surface area contributed by atoms with Crippen molar-refractivity contribution in [3.8, 4) is 22.9 Å². The average molecular weight is 227 g/mol. The Labute approximate surface area is 98.6 Å². The third kappa shape index (κ3) is 2.26. The SMILES string of the molecule is Cc1ccc(F)cc1-c1cc(O)cc(C#N)c1. The largest absolute Gasteiger partial charge is 0.508 e. The molecule has 84 valence electrons. The number of nitriles is 1. The van der Waals surface area contributed by atoms with Crippen LogP contribution in [0.1, 0.15) is 11.1 Å². The van der Waals surface area contributed by atoms with E-state index in [1.165, 1.54) is 24.3 Å². The monoisotopic (exact) mass is 227 g/mol. The molecule has 2 nitrogen and oxygen atoms in total. The molecule has 0 spiro atoms. The minimum atomic E-state index is -0.340. The topological polar surface area (TPSA) is 44.0 Å². The van der Waals surface area contributed by atoms with Gasteiger partial charge in [-0.3, -0.25) is 0 Å². The molecule has 0 radical (unpaired) electrons. The van der Waals surface area contributed by atoms with Crippen molar-refractivity contribution in [1.29, 1.82) is 5.26 Å². The van der Waals surface area contributed by atoms with E-state index in [0.717, 1.165) is 5.56 Å². The summed E-state index contributed by atoms with van der Waals surface area (Å²) in [5, 5.41) is 18.3. The third-order valence-corrected chi connectivity index (χ3v) is 2.56. The zero-order valence-corrected chi connectivity index (χ0v) is 9.24. The number of benzene rings is 2. The molecular formula is C14H10FNO. The number of hydrogen-bond acceptors (Lipinski definition) is 2. The molecule has 1 N–H and O–H groups in total. The summed E-state index contributed by atoms with van der Waals surface area (Å²) in [6.45, 7) is 1.85. The summed E-state index contributed by atoms with van der Waals surface area (Å²) < 4.78 is 13.2. The minimum Gasteiger partial charge on any atom is -0.508 e. The summed E-state index contributed by atoms with van der Waals surface area (Å²) in [6.07, 6.45) is 0. The second kappa shape index (κ2) is 4.26. The first-order chi connectivity index (χ1) is 8.10. The number of aromatic hydroxyl groups is 1. The molecule has 0 unspecified atom stereocenters. The molecule has 0 aliphatic rings. The van der Waals surface area contributed by atoms with Crippen molar-refractivity contribution in [2.75, 3.05) is 0 Å². The first kappa shape index (κ1) is 11.2. The van der Waals surface area contributed by atoms with E-state index in [4.69, 9.17) is 5.26 Å². The van der Waals surface area contributed by atoms with E-state index in [1.54, 1.807) is 12.1 Å². The summed E-state index contributed by atoms with van der Waals surface area (Å²) >= 11 is 0. The Morgan fingerprint density at radius 1 is 1.18 bits per heavy atom. The Balaban J connectivity index is 2.64. The quantitative estimate of drug-likeness (QED) is 0.811. The Morgan fingerprint density at radius 2 is 1.94 bits per heavy atom. The second-order valence-electron chi connectivity index (χ2n) is 3.84. The van der Waals surface area contributed by atoms with E-state index < -0.39 is 0 Å². The van der Waals surface area contributed by atoms with E-state index in [-0.39, 0.29) is 11.6 Å². The van der Waals surface area contributed by atoms with Crippen molar-refractivity contribution in [1.82, 2.24) is 0 Å². The molecule has 0 bridgehead atoms. The molecule has 2 aromatic rings. The Kier molecular flexibility index (Phi) is 2.80. The van der Waals surface area contributed by atoms with Crippen LogP contribution in [0.15, 0.2) is 36.4 Å². The summed E-state index contributed by atoms with van der Waals surface area (Å²) in [7, 11) is 0. The van der Waals surface area contributed by atoms with Gasteiger partial charge in [0.15, 0.2) is 0 Å².